The van der Waals surface area contributed by atoms with E-state index in [1.54, 1.807) is 18.5 Å². The summed E-state index contributed by atoms with van der Waals surface area (Å²) in [5.74, 6) is 1.10. The SMILES string of the molecule is COc1cnccc1C(=O)NCC(Br)C1CC1. The molecule has 1 unspecified atom stereocenters. The zero-order valence-corrected chi connectivity index (χ0v) is 11.2. The van der Waals surface area contributed by atoms with Crippen molar-refractivity contribution in [1.29, 1.82) is 0 Å². The molecule has 1 aromatic rings. The van der Waals surface area contributed by atoms with Crippen molar-refractivity contribution < 1.29 is 9.53 Å². The summed E-state index contributed by atoms with van der Waals surface area (Å²) >= 11 is 3.58. The van der Waals surface area contributed by atoms with Crippen molar-refractivity contribution in [2.75, 3.05) is 13.7 Å². The van der Waals surface area contributed by atoms with Crippen molar-refractivity contribution >= 4 is 21.8 Å². The molecule has 1 aromatic heterocycles. The van der Waals surface area contributed by atoms with Gasteiger partial charge in [0.05, 0.1) is 18.9 Å². The van der Waals surface area contributed by atoms with Crippen molar-refractivity contribution in [1.82, 2.24) is 10.3 Å². The molecule has 1 aliphatic rings. The largest absolute Gasteiger partial charge is 0.494 e. The fraction of sp³-hybridized carbons (Fsp3) is 0.500. The molecular formula is C12H15BrN2O2. The van der Waals surface area contributed by atoms with Crippen molar-refractivity contribution in [3.8, 4) is 5.75 Å². The highest BCUT2D eigenvalue weighted by Crippen LogP contribution is 2.36. The zero-order valence-electron chi connectivity index (χ0n) is 9.65. The molecule has 5 heteroatoms. The van der Waals surface area contributed by atoms with Gasteiger partial charge in [-0.25, -0.2) is 0 Å². The van der Waals surface area contributed by atoms with Crippen molar-refractivity contribution in [3.05, 3.63) is 24.0 Å². The topological polar surface area (TPSA) is 51.2 Å². The number of methoxy groups -OCH3 is 1. The van der Waals surface area contributed by atoms with Crippen LogP contribution in [0.3, 0.4) is 0 Å². The number of pyridine rings is 1. The van der Waals surface area contributed by atoms with Gasteiger partial charge in [0.25, 0.3) is 5.91 Å². The molecule has 1 N–H and O–H groups in total. The number of hydrogen-bond acceptors (Lipinski definition) is 3. The Bertz CT molecular complexity index is 407. The van der Waals surface area contributed by atoms with E-state index in [-0.39, 0.29) is 5.91 Å². The van der Waals surface area contributed by atoms with Crippen molar-refractivity contribution in [3.63, 3.8) is 0 Å². The molecule has 92 valence electrons. The predicted octanol–water partition coefficient (Wildman–Crippen LogP) is 1.99. The Morgan fingerprint density at radius 2 is 2.47 bits per heavy atom. The van der Waals surface area contributed by atoms with Crippen LogP contribution < -0.4 is 10.1 Å². The molecule has 2 rings (SSSR count). The molecule has 17 heavy (non-hydrogen) atoms. The lowest BCUT2D eigenvalue weighted by Crippen LogP contribution is -2.30. The smallest absolute Gasteiger partial charge is 0.255 e. The van der Waals surface area contributed by atoms with Gasteiger partial charge in [-0.15, -0.1) is 0 Å². The van der Waals surface area contributed by atoms with Crippen LogP contribution in [0.1, 0.15) is 23.2 Å². The molecule has 0 aliphatic heterocycles. The summed E-state index contributed by atoms with van der Waals surface area (Å²) < 4.78 is 5.10. The minimum atomic E-state index is -0.116. The van der Waals surface area contributed by atoms with E-state index in [9.17, 15) is 4.79 Å². The molecule has 0 radical (unpaired) electrons. The van der Waals surface area contributed by atoms with Crippen LogP contribution in [0, 0.1) is 5.92 Å². The van der Waals surface area contributed by atoms with Gasteiger partial charge in [0.1, 0.15) is 5.75 Å². The second-order valence-electron chi connectivity index (χ2n) is 4.14. The monoisotopic (exact) mass is 298 g/mol. The lowest BCUT2D eigenvalue weighted by Gasteiger charge is -2.11. The van der Waals surface area contributed by atoms with Crippen LogP contribution in [-0.2, 0) is 0 Å². The lowest BCUT2D eigenvalue weighted by molar-refractivity contribution is 0.0950. The third-order valence-electron chi connectivity index (χ3n) is 2.84. The van der Waals surface area contributed by atoms with Crippen LogP contribution >= 0.6 is 15.9 Å². The highest BCUT2D eigenvalue weighted by Gasteiger charge is 2.29. The number of hydrogen-bond donors (Lipinski definition) is 1. The first-order valence-corrected chi connectivity index (χ1v) is 6.54. The molecule has 1 heterocycles. The number of amides is 1. The van der Waals surface area contributed by atoms with Crippen LogP contribution in [0.15, 0.2) is 18.5 Å². The highest BCUT2D eigenvalue weighted by atomic mass is 79.9. The van der Waals surface area contributed by atoms with Crippen LogP contribution in [0.5, 0.6) is 5.75 Å². The number of halogens is 1. The molecular weight excluding hydrogens is 284 g/mol. The molecule has 0 bridgehead atoms. The summed E-state index contributed by atoms with van der Waals surface area (Å²) in [6, 6.07) is 1.66. The maximum atomic E-state index is 11.9. The maximum absolute atomic E-state index is 11.9. The first kappa shape index (κ1) is 12.4. The Labute approximate surface area is 109 Å². The van der Waals surface area contributed by atoms with E-state index in [0.29, 0.717) is 22.7 Å². The van der Waals surface area contributed by atoms with Crippen LogP contribution in [0.25, 0.3) is 0 Å². The van der Waals surface area contributed by atoms with Gasteiger partial charge in [-0.05, 0) is 24.8 Å². The Morgan fingerprint density at radius 3 is 3.12 bits per heavy atom. The summed E-state index contributed by atoms with van der Waals surface area (Å²) in [6.07, 6.45) is 5.64. The Kier molecular flexibility index (Phi) is 3.99. The van der Waals surface area contributed by atoms with Crippen LogP contribution in [-0.4, -0.2) is 29.4 Å². The maximum Gasteiger partial charge on any atom is 0.255 e. The van der Waals surface area contributed by atoms with Crippen molar-refractivity contribution in [2.45, 2.75) is 17.7 Å². The third kappa shape index (κ3) is 3.19. The van der Waals surface area contributed by atoms with E-state index in [2.05, 4.69) is 26.2 Å². The van der Waals surface area contributed by atoms with Gasteiger partial charge >= 0.3 is 0 Å². The quantitative estimate of drug-likeness (QED) is 0.846. The van der Waals surface area contributed by atoms with Gasteiger partial charge in [0, 0.05) is 17.6 Å². The molecule has 1 aliphatic carbocycles. The summed E-state index contributed by atoms with van der Waals surface area (Å²) in [4.78, 5) is 16.2. The zero-order chi connectivity index (χ0) is 12.3. The summed E-state index contributed by atoms with van der Waals surface area (Å²) in [5.41, 5.74) is 0.526. The molecule has 1 atom stereocenters. The number of ether oxygens (including phenoxy) is 1. The number of aromatic nitrogens is 1. The number of alkyl halides is 1. The average Bonchev–Trinajstić information content (AvgIpc) is 3.19. The minimum absolute atomic E-state index is 0.116. The predicted molar refractivity (Wildman–Crippen MR) is 68.6 cm³/mol. The Hall–Kier alpha value is -1.10. The second-order valence-corrected chi connectivity index (χ2v) is 5.32. The number of rotatable bonds is 5. The fourth-order valence-electron chi connectivity index (χ4n) is 1.64. The van der Waals surface area contributed by atoms with E-state index in [0.717, 1.165) is 5.92 Å². The number of nitrogens with zero attached hydrogens (tertiary/aromatic N) is 1. The van der Waals surface area contributed by atoms with Gasteiger partial charge < -0.3 is 10.1 Å². The second kappa shape index (κ2) is 5.49. The fourth-order valence-corrected chi connectivity index (χ4v) is 2.33. The number of nitrogens with one attached hydrogen (secondary N) is 1. The lowest BCUT2D eigenvalue weighted by atomic mass is 10.2. The van der Waals surface area contributed by atoms with E-state index in [1.165, 1.54) is 20.0 Å². The van der Waals surface area contributed by atoms with Gasteiger partial charge in [0.15, 0.2) is 0 Å². The molecule has 1 saturated carbocycles. The number of carbonyl (C=O) groups is 1. The third-order valence-corrected chi connectivity index (χ3v) is 3.91. The van der Waals surface area contributed by atoms with Gasteiger partial charge in [0.2, 0.25) is 0 Å². The minimum Gasteiger partial charge on any atom is -0.494 e. The van der Waals surface area contributed by atoms with Gasteiger partial charge in [-0.3, -0.25) is 9.78 Å². The van der Waals surface area contributed by atoms with Crippen LogP contribution in [0.4, 0.5) is 0 Å². The first-order chi connectivity index (χ1) is 8.22. The number of carbonyl (C=O) groups excluding carboxylic acids is 1. The highest BCUT2D eigenvalue weighted by molar-refractivity contribution is 9.09. The summed E-state index contributed by atoms with van der Waals surface area (Å²) in [7, 11) is 1.53. The van der Waals surface area contributed by atoms with Crippen LogP contribution in [0.2, 0.25) is 0 Å². The Morgan fingerprint density at radius 1 is 1.71 bits per heavy atom. The summed E-state index contributed by atoms with van der Waals surface area (Å²) in [6.45, 7) is 0.648. The van der Waals surface area contributed by atoms with E-state index >= 15 is 0 Å². The normalized spacial score (nSPS) is 16.4. The van der Waals surface area contributed by atoms with Gasteiger partial charge in [-0.1, -0.05) is 15.9 Å². The molecule has 0 spiro atoms. The molecule has 1 fully saturated rings. The van der Waals surface area contributed by atoms with Gasteiger partial charge in [-0.2, -0.15) is 0 Å². The molecule has 0 saturated heterocycles. The van der Waals surface area contributed by atoms with E-state index < -0.39 is 0 Å². The Balaban J connectivity index is 1.94. The standard InChI is InChI=1S/C12H15BrN2O2/c1-17-11-7-14-5-4-9(11)12(16)15-6-10(13)8-2-3-8/h4-5,7-8,10H,2-3,6H2,1H3,(H,15,16). The van der Waals surface area contributed by atoms with E-state index in [1.807, 2.05) is 0 Å². The first-order valence-electron chi connectivity index (χ1n) is 5.62. The average molecular weight is 299 g/mol. The summed E-state index contributed by atoms with van der Waals surface area (Å²) in [5, 5.41) is 2.90. The molecule has 1 amide bonds. The van der Waals surface area contributed by atoms with E-state index in [4.69, 9.17) is 4.74 Å². The molecule has 4 nitrogen and oxygen atoms in total. The van der Waals surface area contributed by atoms with Crippen molar-refractivity contribution in [2.24, 2.45) is 5.92 Å². The molecule has 0 aromatic carbocycles.